The summed E-state index contributed by atoms with van der Waals surface area (Å²) in [6.45, 7) is 1.40. The van der Waals surface area contributed by atoms with Crippen molar-refractivity contribution in [3.05, 3.63) is 35.6 Å². The summed E-state index contributed by atoms with van der Waals surface area (Å²) in [5.74, 6) is -0.392. The Labute approximate surface area is 125 Å². The lowest BCUT2D eigenvalue weighted by molar-refractivity contribution is -0.123. The highest BCUT2D eigenvalue weighted by Crippen LogP contribution is 2.24. The van der Waals surface area contributed by atoms with Gasteiger partial charge >= 0.3 is 0 Å². The van der Waals surface area contributed by atoms with Gasteiger partial charge < -0.3 is 10.4 Å². The summed E-state index contributed by atoms with van der Waals surface area (Å²) in [4.78, 5) is 14.1. The van der Waals surface area contributed by atoms with E-state index in [1.807, 2.05) is 0 Å². The number of hydrogen-bond donors (Lipinski definition) is 2. The van der Waals surface area contributed by atoms with Crippen molar-refractivity contribution in [2.45, 2.75) is 38.3 Å². The summed E-state index contributed by atoms with van der Waals surface area (Å²) in [7, 11) is 0. The second kappa shape index (κ2) is 8.10. The highest BCUT2D eigenvalue weighted by atomic mass is 19.1. The second-order valence-electron chi connectivity index (χ2n) is 5.50. The molecule has 0 spiro atoms. The molecule has 0 unspecified atom stereocenters. The molecule has 116 valence electrons. The normalized spacial score (nSPS) is 15.0. The van der Waals surface area contributed by atoms with Crippen LogP contribution in [0.15, 0.2) is 24.3 Å². The van der Waals surface area contributed by atoms with E-state index in [2.05, 4.69) is 10.2 Å². The quantitative estimate of drug-likeness (QED) is 0.767. The predicted molar refractivity (Wildman–Crippen MR) is 79.2 cm³/mol. The Bertz CT molecular complexity index is 463. The molecule has 21 heavy (non-hydrogen) atoms. The van der Waals surface area contributed by atoms with Crippen LogP contribution in [0, 0.1) is 5.82 Å². The van der Waals surface area contributed by atoms with Crippen LogP contribution in [0.25, 0.3) is 0 Å². The van der Waals surface area contributed by atoms with E-state index in [1.165, 1.54) is 12.5 Å². The number of benzene rings is 1. The van der Waals surface area contributed by atoms with Crippen molar-refractivity contribution < 1.29 is 14.3 Å². The number of rotatable bonds is 8. The summed E-state index contributed by atoms with van der Waals surface area (Å²) in [5, 5.41) is 11.7. The molecule has 2 N–H and O–H groups in total. The maximum absolute atomic E-state index is 13.5. The van der Waals surface area contributed by atoms with Gasteiger partial charge in [0.2, 0.25) is 5.91 Å². The third-order valence-corrected chi connectivity index (χ3v) is 3.98. The van der Waals surface area contributed by atoms with Crippen LogP contribution in [-0.4, -0.2) is 41.7 Å². The number of amides is 1. The van der Waals surface area contributed by atoms with Crippen molar-refractivity contribution in [1.29, 1.82) is 0 Å². The molecule has 4 nitrogen and oxygen atoms in total. The van der Waals surface area contributed by atoms with E-state index in [4.69, 9.17) is 5.11 Å². The summed E-state index contributed by atoms with van der Waals surface area (Å²) in [6.07, 6.45) is 4.12. The van der Waals surface area contributed by atoms with Gasteiger partial charge in [0.25, 0.3) is 0 Å². The van der Waals surface area contributed by atoms with Crippen LogP contribution in [0.2, 0.25) is 0 Å². The van der Waals surface area contributed by atoms with Gasteiger partial charge in [-0.3, -0.25) is 9.69 Å². The Balaban J connectivity index is 1.80. The number of halogens is 1. The second-order valence-corrected chi connectivity index (χ2v) is 5.50. The van der Waals surface area contributed by atoms with E-state index >= 15 is 0 Å². The van der Waals surface area contributed by atoms with Gasteiger partial charge in [-0.15, -0.1) is 0 Å². The zero-order valence-electron chi connectivity index (χ0n) is 12.2. The molecule has 0 heterocycles. The zero-order chi connectivity index (χ0) is 15.1. The average molecular weight is 294 g/mol. The van der Waals surface area contributed by atoms with Gasteiger partial charge in [-0.25, -0.2) is 4.39 Å². The Morgan fingerprint density at radius 3 is 2.76 bits per heavy atom. The maximum atomic E-state index is 13.5. The number of carbonyl (C=O) groups is 1. The average Bonchev–Trinajstić information content (AvgIpc) is 2.42. The van der Waals surface area contributed by atoms with Gasteiger partial charge in [-0.1, -0.05) is 24.6 Å². The first-order valence-corrected chi connectivity index (χ1v) is 7.55. The highest BCUT2D eigenvalue weighted by Gasteiger charge is 2.25. The molecule has 0 aromatic heterocycles. The van der Waals surface area contributed by atoms with Crippen LogP contribution < -0.4 is 5.32 Å². The topological polar surface area (TPSA) is 52.6 Å². The lowest BCUT2D eigenvalue weighted by Gasteiger charge is -2.37. The first kappa shape index (κ1) is 15.9. The smallest absolute Gasteiger partial charge is 0.234 e. The molecule has 1 fully saturated rings. The molecule has 1 aliphatic rings. The van der Waals surface area contributed by atoms with Crippen molar-refractivity contribution in [2.75, 3.05) is 19.7 Å². The number of nitrogens with one attached hydrogen (secondary N) is 1. The van der Waals surface area contributed by atoms with Gasteiger partial charge in [0.05, 0.1) is 6.54 Å². The molecule has 1 aliphatic carbocycles. The minimum atomic E-state index is -0.297. The summed E-state index contributed by atoms with van der Waals surface area (Å²) < 4.78 is 13.5. The van der Waals surface area contributed by atoms with E-state index in [0.29, 0.717) is 24.6 Å². The monoisotopic (exact) mass is 294 g/mol. The van der Waals surface area contributed by atoms with Gasteiger partial charge in [0.15, 0.2) is 0 Å². The van der Waals surface area contributed by atoms with Crippen molar-refractivity contribution in [1.82, 2.24) is 10.2 Å². The highest BCUT2D eigenvalue weighted by molar-refractivity contribution is 5.78. The molecule has 0 atom stereocenters. The fourth-order valence-electron chi connectivity index (χ4n) is 2.49. The fraction of sp³-hybridized carbons (Fsp3) is 0.562. The summed E-state index contributed by atoms with van der Waals surface area (Å²) in [5.41, 5.74) is 0.497. The largest absolute Gasteiger partial charge is 0.396 e. The number of hydrogen-bond acceptors (Lipinski definition) is 3. The zero-order valence-corrected chi connectivity index (χ0v) is 12.2. The Kier molecular flexibility index (Phi) is 6.14. The third-order valence-electron chi connectivity index (χ3n) is 3.98. The number of carbonyl (C=O) groups excluding carboxylic acids is 1. The van der Waals surface area contributed by atoms with Crippen molar-refractivity contribution in [3.63, 3.8) is 0 Å². The van der Waals surface area contributed by atoms with Gasteiger partial charge in [0.1, 0.15) is 5.82 Å². The molecule has 1 aromatic rings. The lowest BCUT2D eigenvalue weighted by Crippen LogP contribution is -2.46. The lowest BCUT2D eigenvalue weighted by atomic mass is 9.91. The van der Waals surface area contributed by atoms with E-state index < -0.39 is 0 Å². The van der Waals surface area contributed by atoms with E-state index in [9.17, 15) is 9.18 Å². The standard InChI is InChI=1S/C16H23FN2O2/c17-15-8-2-1-5-13(15)11-18-16(21)12-19(9-4-10-20)14-6-3-7-14/h1-2,5,8,14,20H,3-4,6-7,9-12H2,(H,18,21). The molecular formula is C16H23FN2O2. The van der Waals surface area contributed by atoms with E-state index in [1.54, 1.807) is 18.2 Å². The van der Waals surface area contributed by atoms with Crippen LogP contribution in [0.4, 0.5) is 4.39 Å². The van der Waals surface area contributed by atoms with Gasteiger partial charge in [0, 0.05) is 31.3 Å². The van der Waals surface area contributed by atoms with Crippen molar-refractivity contribution >= 4 is 5.91 Å². The molecule has 2 rings (SSSR count). The summed E-state index contributed by atoms with van der Waals surface area (Å²) >= 11 is 0. The SMILES string of the molecule is O=C(CN(CCCO)C1CCC1)NCc1ccccc1F. The van der Waals surface area contributed by atoms with Gasteiger partial charge in [-0.2, -0.15) is 0 Å². The molecule has 0 saturated heterocycles. The molecule has 5 heteroatoms. The van der Waals surface area contributed by atoms with Crippen molar-refractivity contribution in [2.24, 2.45) is 0 Å². The molecule has 0 aliphatic heterocycles. The summed E-state index contributed by atoms with van der Waals surface area (Å²) in [6, 6.07) is 6.91. The maximum Gasteiger partial charge on any atom is 0.234 e. The number of aliphatic hydroxyl groups excluding tert-OH is 1. The van der Waals surface area contributed by atoms with E-state index in [-0.39, 0.29) is 24.9 Å². The predicted octanol–water partition coefficient (Wildman–Crippen LogP) is 1.68. The molecule has 1 amide bonds. The number of aliphatic hydroxyl groups is 1. The first-order chi connectivity index (χ1) is 10.2. The third kappa shape index (κ3) is 4.79. The molecule has 1 aromatic carbocycles. The van der Waals surface area contributed by atoms with Crippen LogP contribution in [0.5, 0.6) is 0 Å². The molecule has 0 bridgehead atoms. The van der Waals surface area contributed by atoms with Crippen LogP contribution >= 0.6 is 0 Å². The number of nitrogens with zero attached hydrogens (tertiary/aromatic N) is 1. The van der Waals surface area contributed by atoms with Crippen molar-refractivity contribution in [3.8, 4) is 0 Å². The van der Waals surface area contributed by atoms with Gasteiger partial charge in [-0.05, 0) is 25.3 Å². The van der Waals surface area contributed by atoms with Crippen LogP contribution in [-0.2, 0) is 11.3 Å². The Morgan fingerprint density at radius 2 is 2.14 bits per heavy atom. The van der Waals surface area contributed by atoms with E-state index in [0.717, 1.165) is 19.4 Å². The first-order valence-electron chi connectivity index (χ1n) is 7.55. The Hall–Kier alpha value is -1.46. The van der Waals surface area contributed by atoms with Crippen LogP contribution in [0.1, 0.15) is 31.2 Å². The fourth-order valence-corrected chi connectivity index (χ4v) is 2.49. The molecule has 0 radical (unpaired) electrons. The molecular weight excluding hydrogens is 271 g/mol. The van der Waals surface area contributed by atoms with Crippen LogP contribution in [0.3, 0.4) is 0 Å². The molecule has 1 saturated carbocycles. The minimum Gasteiger partial charge on any atom is -0.396 e. The Morgan fingerprint density at radius 1 is 1.38 bits per heavy atom. The minimum absolute atomic E-state index is 0.0944.